The molecule has 4 rings (SSSR count). The van der Waals surface area contributed by atoms with Gasteiger partial charge in [-0.2, -0.15) is 0 Å². The first-order valence-electron chi connectivity index (χ1n) is 8.80. The molecule has 4 N–H and O–H groups in total. The van der Waals surface area contributed by atoms with Crippen molar-refractivity contribution in [1.82, 2.24) is 4.98 Å². The first-order chi connectivity index (χ1) is 14.0. The summed E-state index contributed by atoms with van der Waals surface area (Å²) in [5, 5.41) is 0.381. The van der Waals surface area contributed by atoms with Crippen molar-refractivity contribution in [2.45, 2.75) is 13.0 Å². The van der Waals surface area contributed by atoms with Crippen molar-refractivity contribution in [1.29, 1.82) is 0 Å². The molecular weight excluding hydrogens is 392 g/mol. The Morgan fingerprint density at radius 3 is 2.59 bits per heavy atom. The van der Waals surface area contributed by atoms with Crippen LogP contribution in [0.3, 0.4) is 0 Å². The zero-order valence-electron chi connectivity index (χ0n) is 15.5. The number of anilines is 3. The van der Waals surface area contributed by atoms with E-state index in [4.69, 9.17) is 20.9 Å². The fraction of sp³-hybridized carbons (Fsp3) is 0.150. The number of nitrogen functional groups attached to an aromatic ring is 1. The van der Waals surface area contributed by atoms with Crippen molar-refractivity contribution in [2.24, 2.45) is 5.73 Å². The third-order valence-corrected chi connectivity index (χ3v) is 5.59. The average Bonchev–Trinajstić information content (AvgIpc) is 3.34. The van der Waals surface area contributed by atoms with Gasteiger partial charge in [-0.1, -0.05) is 41.7 Å². The maximum Gasteiger partial charge on any atom is 0.240 e. The van der Waals surface area contributed by atoms with Crippen LogP contribution in [-0.4, -0.2) is 29.5 Å². The minimum absolute atomic E-state index is 0.0984. The Bertz CT molecular complexity index is 1080. The molecule has 0 unspecified atom stereocenters. The molecule has 148 valence electrons. The van der Waals surface area contributed by atoms with E-state index in [1.165, 1.54) is 0 Å². The predicted octanol–water partition coefficient (Wildman–Crippen LogP) is 2.70. The van der Waals surface area contributed by atoms with Crippen LogP contribution >= 0.6 is 11.3 Å². The van der Waals surface area contributed by atoms with Gasteiger partial charge in [0.15, 0.2) is 16.6 Å². The summed E-state index contributed by atoms with van der Waals surface area (Å²) in [6.07, 6.45) is 0. The highest BCUT2D eigenvalue weighted by Crippen LogP contribution is 2.40. The number of nitrogens with two attached hydrogens (primary N) is 2. The molecular formula is C20H18N4O4S. The Hall–Kier alpha value is -3.59. The number of carbonyl (C=O) groups excluding carboxylic acids is 2. The van der Waals surface area contributed by atoms with Crippen LogP contribution in [0.15, 0.2) is 48.5 Å². The second kappa shape index (κ2) is 7.44. The summed E-state index contributed by atoms with van der Waals surface area (Å²) < 4.78 is 10.8. The van der Waals surface area contributed by atoms with Gasteiger partial charge >= 0.3 is 0 Å². The van der Waals surface area contributed by atoms with Crippen molar-refractivity contribution in [2.75, 3.05) is 17.4 Å². The van der Waals surface area contributed by atoms with Gasteiger partial charge in [0.1, 0.15) is 16.7 Å². The van der Waals surface area contributed by atoms with Crippen LogP contribution in [-0.2, 0) is 4.79 Å². The normalized spacial score (nSPS) is 13.1. The monoisotopic (exact) mass is 410 g/mol. The number of rotatable bonds is 6. The molecule has 0 radical (unpaired) electrons. The van der Waals surface area contributed by atoms with E-state index in [1.807, 2.05) is 6.07 Å². The highest BCUT2D eigenvalue weighted by molar-refractivity contribution is 7.18. The Morgan fingerprint density at radius 1 is 1.14 bits per heavy atom. The molecule has 1 aliphatic heterocycles. The molecule has 0 saturated carbocycles. The van der Waals surface area contributed by atoms with Crippen LogP contribution in [0, 0.1) is 0 Å². The van der Waals surface area contributed by atoms with Gasteiger partial charge in [-0.25, -0.2) is 4.98 Å². The average molecular weight is 410 g/mol. The Balaban J connectivity index is 1.76. The lowest BCUT2D eigenvalue weighted by Gasteiger charge is -2.26. The molecule has 0 fully saturated rings. The van der Waals surface area contributed by atoms with Gasteiger partial charge in [0.05, 0.1) is 0 Å². The van der Waals surface area contributed by atoms with E-state index in [1.54, 1.807) is 54.3 Å². The first-order valence-corrected chi connectivity index (χ1v) is 9.61. The minimum Gasteiger partial charge on any atom is -0.454 e. The molecule has 2 aromatic carbocycles. The lowest BCUT2D eigenvalue weighted by molar-refractivity contribution is -0.118. The second-order valence-electron chi connectivity index (χ2n) is 6.39. The maximum absolute atomic E-state index is 12.8. The number of ether oxygens (including phenoxy) is 2. The first kappa shape index (κ1) is 18.8. The number of aromatic nitrogens is 1. The van der Waals surface area contributed by atoms with Crippen molar-refractivity contribution < 1.29 is 19.1 Å². The van der Waals surface area contributed by atoms with E-state index < -0.39 is 11.9 Å². The van der Waals surface area contributed by atoms with Gasteiger partial charge in [0, 0.05) is 17.3 Å². The number of hydrogen-bond acceptors (Lipinski definition) is 8. The number of primary amides is 1. The fourth-order valence-corrected chi connectivity index (χ4v) is 4.02. The zero-order valence-corrected chi connectivity index (χ0v) is 16.3. The molecule has 0 spiro atoms. The number of amides is 1. The summed E-state index contributed by atoms with van der Waals surface area (Å²) in [5.41, 5.74) is 12.7. The number of nitrogens with zero attached hydrogens (tertiary/aromatic N) is 2. The standard InChI is InChI=1S/C20H18N4O4S/c1-11(19(22)26)24(13-7-8-14-15(9-13)28-10-27-14)20-23-18(21)17(29-20)16(25)12-5-3-2-4-6-12/h2-9,11H,10,21H2,1H3,(H2,22,26)/t11-/m1/s1. The lowest BCUT2D eigenvalue weighted by Crippen LogP contribution is -2.39. The summed E-state index contributed by atoms with van der Waals surface area (Å²) >= 11 is 1.10. The third kappa shape index (κ3) is 3.47. The van der Waals surface area contributed by atoms with Gasteiger partial charge in [0.25, 0.3) is 0 Å². The van der Waals surface area contributed by atoms with Crippen molar-refractivity contribution in [3.8, 4) is 11.5 Å². The molecule has 1 aromatic heterocycles. The van der Waals surface area contributed by atoms with Gasteiger partial charge in [-0.15, -0.1) is 0 Å². The number of fused-ring (bicyclic) bond motifs is 1. The number of ketones is 1. The van der Waals surface area contributed by atoms with Gasteiger partial charge in [0.2, 0.25) is 18.5 Å². The molecule has 0 aliphatic carbocycles. The van der Waals surface area contributed by atoms with E-state index in [2.05, 4.69) is 4.98 Å². The van der Waals surface area contributed by atoms with Crippen molar-refractivity contribution in [3.05, 3.63) is 59.0 Å². The van der Waals surface area contributed by atoms with Gasteiger partial charge in [-0.3, -0.25) is 9.59 Å². The van der Waals surface area contributed by atoms with Crippen LogP contribution in [0.5, 0.6) is 11.5 Å². The van der Waals surface area contributed by atoms with Crippen LogP contribution in [0.1, 0.15) is 22.2 Å². The lowest BCUT2D eigenvalue weighted by atomic mass is 10.1. The number of thiazole rings is 1. The third-order valence-electron chi connectivity index (χ3n) is 4.52. The van der Waals surface area contributed by atoms with E-state index >= 15 is 0 Å². The summed E-state index contributed by atoms with van der Waals surface area (Å²) in [4.78, 5) is 31.1. The molecule has 3 aromatic rings. The van der Waals surface area contributed by atoms with Crippen LogP contribution < -0.4 is 25.8 Å². The molecule has 0 saturated heterocycles. The smallest absolute Gasteiger partial charge is 0.240 e. The second-order valence-corrected chi connectivity index (χ2v) is 7.37. The highest BCUT2D eigenvalue weighted by Gasteiger charge is 2.28. The quantitative estimate of drug-likeness (QED) is 0.599. The summed E-state index contributed by atoms with van der Waals surface area (Å²) in [6, 6.07) is 13.3. The summed E-state index contributed by atoms with van der Waals surface area (Å²) in [7, 11) is 0. The molecule has 29 heavy (non-hydrogen) atoms. The number of benzene rings is 2. The predicted molar refractivity (Wildman–Crippen MR) is 110 cm³/mol. The Kier molecular flexibility index (Phi) is 4.81. The summed E-state index contributed by atoms with van der Waals surface area (Å²) in [5.74, 6) is 0.478. The van der Waals surface area contributed by atoms with E-state index in [0.29, 0.717) is 32.8 Å². The SMILES string of the molecule is C[C@H](C(N)=O)N(c1ccc2c(c1)OCO2)c1nc(N)c(C(=O)c2ccccc2)s1. The van der Waals surface area contributed by atoms with E-state index in [0.717, 1.165) is 11.3 Å². The molecule has 0 bridgehead atoms. The Morgan fingerprint density at radius 2 is 1.86 bits per heavy atom. The maximum atomic E-state index is 12.8. The van der Waals surface area contributed by atoms with Gasteiger partial charge in [-0.05, 0) is 19.1 Å². The molecule has 8 nitrogen and oxygen atoms in total. The Labute approximate surface area is 170 Å². The van der Waals surface area contributed by atoms with Crippen LogP contribution in [0.25, 0.3) is 0 Å². The van der Waals surface area contributed by atoms with Crippen molar-refractivity contribution in [3.63, 3.8) is 0 Å². The highest BCUT2D eigenvalue weighted by atomic mass is 32.1. The molecule has 1 aliphatic rings. The minimum atomic E-state index is -0.736. The topological polar surface area (TPSA) is 121 Å². The molecule has 2 heterocycles. The summed E-state index contributed by atoms with van der Waals surface area (Å²) in [6.45, 7) is 1.79. The molecule has 9 heteroatoms. The largest absolute Gasteiger partial charge is 0.454 e. The van der Waals surface area contributed by atoms with Crippen LogP contribution in [0.2, 0.25) is 0 Å². The number of carbonyl (C=O) groups is 2. The van der Waals surface area contributed by atoms with E-state index in [-0.39, 0.29) is 18.4 Å². The van der Waals surface area contributed by atoms with E-state index in [9.17, 15) is 9.59 Å². The fourth-order valence-electron chi connectivity index (χ4n) is 2.97. The number of hydrogen-bond donors (Lipinski definition) is 2. The van der Waals surface area contributed by atoms with Gasteiger partial charge < -0.3 is 25.8 Å². The zero-order chi connectivity index (χ0) is 20.5. The van der Waals surface area contributed by atoms with Crippen molar-refractivity contribution >= 4 is 39.7 Å². The molecule has 1 atom stereocenters. The van der Waals surface area contributed by atoms with Crippen LogP contribution in [0.4, 0.5) is 16.6 Å². The molecule has 1 amide bonds.